The third-order valence-corrected chi connectivity index (χ3v) is 1.98. The molecular formula is C4H17B3N4. The number of rotatable bonds is 4. The van der Waals surface area contributed by atoms with Crippen molar-refractivity contribution < 1.29 is 0 Å². The molecule has 0 amide bonds. The zero-order chi connectivity index (χ0) is 9.02. The van der Waals surface area contributed by atoms with Crippen LogP contribution in [0.2, 0.25) is 6.82 Å². The van der Waals surface area contributed by atoms with Crippen molar-refractivity contribution in [3.63, 3.8) is 0 Å². The van der Waals surface area contributed by atoms with E-state index in [4.69, 9.17) is 5.64 Å². The summed E-state index contributed by atoms with van der Waals surface area (Å²) in [5, 5.41) is 3.12. The zero-order valence-corrected chi connectivity index (χ0v) is 8.13. The Bertz CT molecular complexity index is 112. The Hall–Kier alpha value is 0.0348. The number of nitrogens with one attached hydrogen (secondary N) is 1. The van der Waals surface area contributed by atoms with Gasteiger partial charge in [-0.05, 0) is 21.1 Å². The van der Waals surface area contributed by atoms with Crippen LogP contribution in [0.4, 0.5) is 0 Å². The minimum Gasteiger partial charge on any atom is -0.391 e. The third kappa shape index (κ3) is 3.29. The highest BCUT2D eigenvalue weighted by Crippen LogP contribution is 1.89. The molecule has 0 aliphatic carbocycles. The average molecular weight is 154 g/mol. The molecule has 0 rings (SSSR count). The lowest BCUT2D eigenvalue weighted by molar-refractivity contribution is 0.569. The second-order valence-corrected chi connectivity index (χ2v) is 3.01. The van der Waals surface area contributed by atoms with Gasteiger partial charge in [0.2, 0.25) is 0 Å². The molecule has 62 valence electrons. The first-order valence-corrected chi connectivity index (χ1v) is 3.82. The molecule has 0 aliphatic rings. The van der Waals surface area contributed by atoms with Gasteiger partial charge < -0.3 is 20.3 Å². The lowest BCUT2D eigenvalue weighted by Gasteiger charge is -2.29. The van der Waals surface area contributed by atoms with Crippen LogP contribution >= 0.6 is 0 Å². The van der Waals surface area contributed by atoms with Gasteiger partial charge in [-0.3, -0.25) is 0 Å². The number of hydrogen-bond donors (Lipinski definition) is 2. The fourth-order valence-electron chi connectivity index (χ4n) is 0.797. The van der Waals surface area contributed by atoms with Crippen molar-refractivity contribution in [2.75, 3.05) is 21.1 Å². The highest BCUT2D eigenvalue weighted by Gasteiger charge is 2.24. The van der Waals surface area contributed by atoms with E-state index in [0.717, 1.165) is 0 Å². The summed E-state index contributed by atoms with van der Waals surface area (Å²) >= 11 is 0. The van der Waals surface area contributed by atoms with Crippen LogP contribution in [0, 0.1) is 0 Å². The third-order valence-electron chi connectivity index (χ3n) is 1.98. The summed E-state index contributed by atoms with van der Waals surface area (Å²) in [6.07, 6.45) is 0. The Morgan fingerprint density at radius 3 is 2.09 bits per heavy atom. The quantitative estimate of drug-likeness (QED) is 0.446. The van der Waals surface area contributed by atoms with Crippen molar-refractivity contribution in [2.45, 2.75) is 6.82 Å². The number of hydrogen-bond acceptors (Lipinski definition) is 4. The van der Waals surface area contributed by atoms with Crippen LogP contribution in [-0.4, -0.2) is 52.8 Å². The first-order valence-electron chi connectivity index (χ1n) is 3.82. The number of nitrogens with zero attached hydrogens (tertiary/aromatic N) is 2. The van der Waals surface area contributed by atoms with Gasteiger partial charge in [0.1, 0.15) is 0 Å². The fraction of sp³-hybridized carbons (Fsp3) is 1.00. The summed E-state index contributed by atoms with van der Waals surface area (Å²) in [5.74, 6) is 0. The Morgan fingerprint density at radius 1 is 1.36 bits per heavy atom. The molecule has 4 nitrogen and oxygen atoms in total. The van der Waals surface area contributed by atoms with Gasteiger partial charge in [0.05, 0.1) is 0 Å². The lowest BCUT2D eigenvalue weighted by atomic mass is 9.67. The molecule has 0 saturated carbocycles. The highest BCUT2D eigenvalue weighted by atomic mass is 15.2. The second kappa shape index (κ2) is 4.82. The second-order valence-electron chi connectivity index (χ2n) is 3.01. The minimum absolute atomic E-state index is 0.0301. The highest BCUT2D eigenvalue weighted by molar-refractivity contribution is 6.69. The van der Waals surface area contributed by atoms with Crippen molar-refractivity contribution in [3.8, 4) is 0 Å². The molecule has 11 heavy (non-hydrogen) atoms. The maximum Gasteiger partial charge on any atom is 0.386 e. The van der Waals surface area contributed by atoms with Crippen molar-refractivity contribution in [2.24, 2.45) is 5.64 Å². The monoisotopic (exact) mass is 154 g/mol. The maximum absolute atomic E-state index is 5.85. The van der Waals surface area contributed by atoms with Crippen LogP contribution in [-0.2, 0) is 0 Å². The zero-order valence-electron chi connectivity index (χ0n) is 8.13. The van der Waals surface area contributed by atoms with Crippen LogP contribution in [0.15, 0.2) is 0 Å². The predicted molar refractivity (Wildman–Crippen MR) is 54.7 cm³/mol. The van der Waals surface area contributed by atoms with Gasteiger partial charge in [0.15, 0.2) is 7.98 Å². The smallest absolute Gasteiger partial charge is 0.386 e. The standard InChI is InChI=1S/C4H17B3N4/c1-6(9-5)11(4)7(8)10(2)3/h9H,5,8H2,1-4H3. The van der Waals surface area contributed by atoms with E-state index in [9.17, 15) is 0 Å². The van der Waals surface area contributed by atoms with E-state index in [2.05, 4.69) is 16.7 Å². The molecule has 0 bridgehead atoms. The molecule has 0 radical (unpaired) electrons. The molecule has 0 aromatic rings. The molecule has 0 atom stereocenters. The summed E-state index contributed by atoms with van der Waals surface area (Å²) in [6.45, 7) is 2.37. The average Bonchev–Trinajstić information content (AvgIpc) is 2.00. The van der Waals surface area contributed by atoms with Crippen molar-refractivity contribution in [1.29, 1.82) is 0 Å². The molecule has 0 saturated heterocycles. The molecule has 0 fully saturated rings. The van der Waals surface area contributed by atoms with Crippen LogP contribution in [0.25, 0.3) is 0 Å². The molecule has 0 aromatic carbocycles. The van der Waals surface area contributed by atoms with E-state index in [1.807, 2.05) is 33.9 Å². The Labute approximate surface area is 71.2 Å². The van der Waals surface area contributed by atoms with Crippen LogP contribution in [0.5, 0.6) is 0 Å². The minimum atomic E-state index is -0.0301. The van der Waals surface area contributed by atoms with E-state index < -0.39 is 0 Å². The van der Waals surface area contributed by atoms with Crippen molar-refractivity contribution >= 4 is 22.1 Å². The summed E-state index contributed by atoms with van der Waals surface area (Å²) in [6, 6.07) is 0. The molecule has 0 aromatic heterocycles. The van der Waals surface area contributed by atoms with Gasteiger partial charge in [-0.2, -0.15) is 0 Å². The fourth-order valence-corrected chi connectivity index (χ4v) is 0.797. The van der Waals surface area contributed by atoms with E-state index in [0.29, 0.717) is 6.98 Å². The summed E-state index contributed by atoms with van der Waals surface area (Å²) < 4.78 is 2.06. The van der Waals surface area contributed by atoms with Crippen LogP contribution in [0.1, 0.15) is 0 Å². The summed E-state index contributed by atoms with van der Waals surface area (Å²) in [4.78, 5) is 1.97. The first kappa shape index (κ1) is 11.0. The molecule has 7 heteroatoms. The Morgan fingerprint density at radius 2 is 1.82 bits per heavy atom. The maximum atomic E-state index is 5.85. The molecule has 0 unspecified atom stereocenters. The normalized spacial score (nSPS) is 10.8. The van der Waals surface area contributed by atoms with E-state index in [-0.39, 0.29) is 7.12 Å². The molecule has 0 spiro atoms. The Kier molecular flexibility index (Phi) is 4.84. The van der Waals surface area contributed by atoms with Crippen molar-refractivity contribution in [1.82, 2.24) is 14.7 Å². The summed E-state index contributed by atoms with van der Waals surface area (Å²) in [7, 11) is 7.81. The lowest BCUT2D eigenvalue weighted by Crippen LogP contribution is -2.62. The van der Waals surface area contributed by atoms with Gasteiger partial charge in [-0.1, -0.05) is 6.82 Å². The van der Waals surface area contributed by atoms with Gasteiger partial charge in [-0.15, -0.1) is 0 Å². The van der Waals surface area contributed by atoms with Crippen LogP contribution < -0.4 is 10.8 Å². The van der Waals surface area contributed by atoms with E-state index in [1.54, 1.807) is 0 Å². The van der Waals surface area contributed by atoms with E-state index in [1.165, 1.54) is 0 Å². The molecule has 0 aliphatic heterocycles. The first-order chi connectivity index (χ1) is 5.00. The van der Waals surface area contributed by atoms with Crippen molar-refractivity contribution in [3.05, 3.63) is 0 Å². The summed E-state index contributed by atoms with van der Waals surface area (Å²) in [5.41, 5.74) is 5.85. The molecular weight excluding hydrogens is 137 g/mol. The van der Waals surface area contributed by atoms with Gasteiger partial charge >= 0.3 is 7.12 Å². The topological polar surface area (TPSA) is 44.5 Å². The van der Waals surface area contributed by atoms with Gasteiger partial charge in [0.25, 0.3) is 6.98 Å². The molecule has 0 heterocycles. The van der Waals surface area contributed by atoms with Crippen LogP contribution in [0.3, 0.4) is 0 Å². The van der Waals surface area contributed by atoms with Gasteiger partial charge in [0, 0.05) is 0 Å². The SMILES string of the molecule is BNB(C)N(C)B(N)N(C)C. The largest absolute Gasteiger partial charge is 0.391 e. The Balaban J connectivity index is 3.90. The van der Waals surface area contributed by atoms with E-state index >= 15 is 0 Å². The van der Waals surface area contributed by atoms with Gasteiger partial charge in [-0.25, -0.2) is 0 Å². The molecule has 3 N–H and O–H groups in total. The number of nitrogens with two attached hydrogens (primary N) is 1. The predicted octanol–water partition coefficient (Wildman–Crippen LogP) is -2.32.